The summed E-state index contributed by atoms with van der Waals surface area (Å²) in [5, 5.41) is 0. The summed E-state index contributed by atoms with van der Waals surface area (Å²) >= 11 is 0. The molecule has 0 atom stereocenters. The Balaban J connectivity index is 1.75. The molecule has 0 radical (unpaired) electrons. The first-order chi connectivity index (χ1) is 12.8. The summed E-state index contributed by atoms with van der Waals surface area (Å²) in [6.45, 7) is 0.236. The van der Waals surface area contributed by atoms with Crippen molar-refractivity contribution >= 4 is 5.97 Å². The van der Waals surface area contributed by atoms with E-state index in [4.69, 9.17) is 9.47 Å². The average Bonchev–Trinajstić information content (AvgIpc) is 2.72. The molecule has 3 aromatic carbocycles. The molecule has 0 aliphatic heterocycles. The van der Waals surface area contributed by atoms with Crippen LogP contribution in [0.15, 0.2) is 78.9 Å². The largest absolute Gasteiger partial charge is 0.497 e. The molecule has 0 N–H and O–H groups in total. The third-order valence-electron chi connectivity index (χ3n) is 3.79. The number of benzene rings is 3. The second kappa shape index (κ2) is 8.55. The van der Waals surface area contributed by atoms with Gasteiger partial charge < -0.3 is 9.47 Å². The predicted octanol–water partition coefficient (Wildman–Crippen LogP) is 4.45. The molecule has 0 spiro atoms. The molecular weight excluding hydrogens is 324 g/mol. The standard InChI is InChI=1S/C23H18O3/c1-25-21-15-12-18(13-16-21)11-14-20-9-5-6-10-22(20)23(24)26-17-19-7-3-2-4-8-19/h2-10,12-13,15-16H,17H2,1H3. The first-order valence-corrected chi connectivity index (χ1v) is 8.22. The third kappa shape index (κ3) is 4.52. The maximum absolute atomic E-state index is 12.4. The van der Waals surface area contributed by atoms with Gasteiger partial charge in [-0.25, -0.2) is 4.79 Å². The summed E-state index contributed by atoms with van der Waals surface area (Å²) in [6.07, 6.45) is 0. The van der Waals surface area contributed by atoms with E-state index >= 15 is 0 Å². The van der Waals surface area contributed by atoms with Gasteiger partial charge in [-0.3, -0.25) is 0 Å². The molecule has 3 heteroatoms. The highest BCUT2D eigenvalue weighted by Gasteiger charge is 2.11. The normalized spacial score (nSPS) is 9.73. The zero-order chi connectivity index (χ0) is 18.2. The molecule has 0 saturated carbocycles. The number of methoxy groups -OCH3 is 1. The molecule has 0 unspecified atom stereocenters. The maximum Gasteiger partial charge on any atom is 0.339 e. The summed E-state index contributed by atoms with van der Waals surface area (Å²) in [5.74, 6) is 6.52. The summed E-state index contributed by atoms with van der Waals surface area (Å²) in [4.78, 5) is 12.4. The Bertz CT molecular complexity index is 932. The molecule has 26 heavy (non-hydrogen) atoms. The van der Waals surface area contributed by atoms with Crippen LogP contribution in [-0.2, 0) is 11.3 Å². The molecule has 128 valence electrons. The van der Waals surface area contributed by atoms with Gasteiger partial charge in [-0.15, -0.1) is 0 Å². The zero-order valence-corrected chi connectivity index (χ0v) is 14.4. The van der Waals surface area contributed by atoms with Gasteiger partial charge in [-0.2, -0.15) is 0 Å². The van der Waals surface area contributed by atoms with Crippen LogP contribution in [0.3, 0.4) is 0 Å². The minimum Gasteiger partial charge on any atom is -0.497 e. The van der Waals surface area contributed by atoms with Crippen LogP contribution >= 0.6 is 0 Å². The van der Waals surface area contributed by atoms with Crippen molar-refractivity contribution in [3.63, 3.8) is 0 Å². The van der Waals surface area contributed by atoms with E-state index in [9.17, 15) is 4.79 Å². The Morgan fingerprint density at radius 1 is 0.846 bits per heavy atom. The van der Waals surface area contributed by atoms with Gasteiger partial charge >= 0.3 is 5.97 Å². The van der Waals surface area contributed by atoms with Crippen molar-refractivity contribution in [1.82, 2.24) is 0 Å². The van der Waals surface area contributed by atoms with Crippen LogP contribution in [-0.4, -0.2) is 13.1 Å². The number of carbonyl (C=O) groups excluding carboxylic acids is 1. The van der Waals surface area contributed by atoms with Crippen molar-refractivity contribution in [3.05, 3.63) is 101 Å². The highest BCUT2D eigenvalue weighted by atomic mass is 16.5. The molecule has 0 aliphatic rings. The van der Waals surface area contributed by atoms with Crippen LogP contribution in [0, 0.1) is 11.8 Å². The second-order valence-corrected chi connectivity index (χ2v) is 5.59. The van der Waals surface area contributed by atoms with Gasteiger partial charge in [-0.1, -0.05) is 54.3 Å². The van der Waals surface area contributed by atoms with Crippen LogP contribution < -0.4 is 4.74 Å². The maximum atomic E-state index is 12.4. The average molecular weight is 342 g/mol. The Kier molecular flexibility index (Phi) is 5.69. The van der Waals surface area contributed by atoms with E-state index in [1.54, 1.807) is 19.2 Å². The van der Waals surface area contributed by atoms with Gasteiger partial charge in [0.15, 0.2) is 0 Å². The van der Waals surface area contributed by atoms with Gasteiger partial charge in [0.2, 0.25) is 0 Å². The predicted molar refractivity (Wildman–Crippen MR) is 101 cm³/mol. The highest BCUT2D eigenvalue weighted by Crippen LogP contribution is 2.13. The molecule has 0 heterocycles. The number of hydrogen-bond donors (Lipinski definition) is 0. The molecule has 3 rings (SSSR count). The van der Waals surface area contributed by atoms with E-state index in [2.05, 4.69) is 11.8 Å². The Morgan fingerprint density at radius 2 is 1.54 bits per heavy atom. The molecule has 3 aromatic rings. The van der Waals surface area contributed by atoms with Gasteiger partial charge in [0, 0.05) is 11.1 Å². The molecule has 0 aromatic heterocycles. The smallest absolute Gasteiger partial charge is 0.339 e. The minimum atomic E-state index is -0.381. The van der Waals surface area contributed by atoms with E-state index in [1.807, 2.05) is 66.7 Å². The van der Waals surface area contributed by atoms with Crippen molar-refractivity contribution in [2.75, 3.05) is 7.11 Å². The molecule has 0 aliphatic carbocycles. The number of carbonyl (C=O) groups is 1. The van der Waals surface area contributed by atoms with E-state index in [1.165, 1.54) is 0 Å². The molecule has 3 nitrogen and oxygen atoms in total. The van der Waals surface area contributed by atoms with Crippen molar-refractivity contribution < 1.29 is 14.3 Å². The Labute approximate surface area is 153 Å². The quantitative estimate of drug-likeness (QED) is 0.519. The fourth-order valence-corrected chi connectivity index (χ4v) is 2.38. The molecule has 0 saturated heterocycles. The lowest BCUT2D eigenvalue weighted by atomic mass is 10.1. The zero-order valence-electron chi connectivity index (χ0n) is 14.4. The molecule has 0 amide bonds. The van der Waals surface area contributed by atoms with Crippen LogP contribution in [0.4, 0.5) is 0 Å². The van der Waals surface area contributed by atoms with Crippen molar-refractivity contribution in [2.45, 2.75) is 6.61 Å². The summed E-state index contributed by atoms with van der Waals surface area (Å²) in [7, 11) is 1.62. The van der Waals surface area contributed by atoms with Crippen LogP contribution in [0.2, 0.25) is 0 Å². The number of ether oxygens (including phenoxy) is 2. The monoisotopic (exact) mass is 342 g/mol. The first kappa shape index (κ1) is 17.3. The molecule has 0 fully saturated rings. The lowest BCUT2D eigenvalue weighted by Crippen LogP contribution is -2.07. The summed E-state index contributed by atoms with van der Waals surface area (Å²) < 4.78 is 10.6. The number of hydrogen-bond acceptors (Lipinski definition) is 3. The van der Waals surface area contributed by atoms with E-state index in [-0.39, 0.29) is 12.6 Å². The summed E-state index contributed by atoms with van der Waals surface area (Å²) in [6, 6.07) is 24.2. The van der Waals surface area contributed by atoms with Gasteiger partial charge in [0.05, 0.1) is 12.7 Å². The van der Waals surface area contributed by atoms with E-state index in [0.717, 1.165) is 16.9 Å². The van der Waals surface area contributed by atoms with Crippen LogP contribution in [0.25, 0.3) is 0 Å². The fraction of sp³-hybridized carbons (Fsp3) is 0.0870. The van der Waals surface area contributed by atoms with Crippen LogP contribution in [0.1, 0.15) is 27.0 Å². The third-order valence-corrected chi connectivity index (χ3v) is 3.79. The van der Waals surface area contributed by atoms with Gasteiger partial charge in [0.1, 0.15) is 12.4 Å². The Hall–Kier alpha value is -3.51. The number of rotatable bonds is 4. The lowest BCUT2D eigenvalue weighted by Gasteiger charge is -2.06. The topological polar surface area (TPSA) is 35.5 Å². The number of esters is 1. The second-order valence-electron chi connectivity index (χ2n) is 5.59. The van der Waals surface area contributed by atoms with Gasteiger partial charge in [0.25, 0.3) is 0 Å². The SMILES string of the molecule is COc1ccc(C#Cc2ccccc2C(=O)OCc2ccccc2)cc1. The Morgan fingerprint density at radius 3 is 2.27 bits per heavy atom. The van der Waals surface area contributed by atoms with Crippen molar-refractivity contribution in [1.29, 1.82) is 0 Å². The fourth-order valence-electron chi connectivity index (χ4n) is 2.38. The molecular formula is C23H18O3. The lowest BCUT2D eigenvalue weighted by molar-refractivity contribution is 0.0472. The van der Waals surface area contributed by atoms with Gasteiger partial charge in [-0.05, 0) is 42.0 Å². The van der Waals surface area contributed by atoms with Crippen molar-refractivity contribution in [2.24, 2.45) is 0 Å². The minimum absolute atomic E-state index is 0.236. The van der Waals surface area contributed by atoms with Crippen molar-refractivity contribution in [3.8, 4) is 17.6 Å². The highest BCUT2D eigenvalue weighted by molar-refractivity contribution is 5.92. The van der Waals surface area contributed by atoms with Crippen LogP contribution in [0.5, 0.6) is 5.75 Å². The first-order valence-electron chi connectivity index (χ1n) is 8.22. The van der Waals surface area contributed by atoms with E-state index in [0.29, 0.717) is 11.1 Å². The summed E-state index contributed by atoms with van der Waals surface area (Å²) in [5.41, 5.74) is 2.90. The van der Waals surface area contributed by atoms with E-state index < -0.39 is 0 Å². The molecule has 0 bridgehead atoms.